The Morgan fingerprint density at radius 2 is 1.55 bits per heavy atom. The van der Waals surface area contributed by atoms with Crippen molar-refractivity contribution in [3.63, 3.8) is 0 Å². The summed E-state index contributed by atoms with van der Waals surface area (Å²) in [6.45, 7) is 5.53. The lowest BCUT2D eigenvalue weighted by Gasteiger charge is -2.44. The SMILES string of the molecule is CC1(C)Oc2ccc(NCc3cccc(Cl)c3)cc2C(OCc2ccccc2)C1OCc1ccccc1Cl. The van der Waals surface area contributed by atoms with Crippen molar-refractivity contribution in [2.75, 3.05) is 5.32 Å². The van der Waals surface area contributed by atoms with Crippen molar-refractivity contribution in [1.29, 1.82) is 0 Å². The van der Waals surface area contributed by atoms with E-state index < -0.39 is 5.60 Å². The van der Waals surface area contributed by atoms with Gasteiger partial charge in [0.15, 0.2) is 0 Å². The van der Waals surface area contributed by atoms with E-state index in [1.807, 2.05) is 92.7 Å². The number of benzene rings is 4. The smallest absolute Gasteiger partial charge is 0.132 e. The molecule has 6 heteroatoms. The molecule has 1 N–H and O–H groups in total. The highest BCUT2D eigenvalue weighted by atomic mass is 35.5. The minimum Gasteiger partial charge on any atom is -0.485 e. The molecule has 0 aliphatic carbocycles. The van der Waals surface area contributed by atoms with E-state index in [9.17, 15) is 0 Å². The highest BCUT2D eigenvalue weighted by molar-refractivity contribution is 6.31. The molecule has 196 valence electrons. The van der Waals surface area contributed by atoms with Crippen molar-refractivity contribution in [1.82, 2.24) is 0 Å². The Hall–Kier alpha value is -3.02. The molecular formula is C32H31Cl2NO3. The first-order valence-electron chi connectivity index (χ1n) is 12.7. The van der Waals surface area contributed by atoms with Gasteiger partial charge in [-0.3, -0.25) is 0 Å². The maximum absolute atomic E-state index is 6.61. The van der Waals surface area contributed by atoms with Crippen molar-refractivity contribution >= 4 is 28.9 Å². The maximum Gasteiger partial charge on any atom is 0.132 e. The van der Waals surface area contributed by atoms with E-state index in [1.165, 1.54) is 0 Å². The number of anilines is 1. The Labute approximate surface area is 234 Å². The van der Waals surface area contributed by atoms with E-state index in [4.69, 9.17) is 37.4 Å². The number of nitrogens with one attached hydrogen (secondary N) is 1. The van der Waals surface area contributed by atoms with Crippen LogP contribution in [0.1, 0.15) is 42.2 Å². The number of fused-ring (bicyclic) bond motifs is 1. The van der Waals surface area contributed by atoms with Gasteiger partial charge in [-0.05, 0) is 66.9 Å². The Morgan fingerprint density at radius 3 is 2.34 bits per heavy atom. The fraction of sp³-hybridized carbons (Fsp3) is 0.250. The molecule has 2 atom stereocenters. The van der Waals surface area contributed by atoms with Gasteiger partial charge in [0.25, 0.3) is 0 Å². The molecule has 0 amide bonds. The standard InChI is InChI=1S/C32H31Cl2NO3/c1-32(2)31(37-21-24-12-6-7-14-28(24)34)30(36-20-22-9-4-3-5-10-22)27-18-26(15-16-29(27)38-32)35-19-23-11-8-13-25(33)17-23/h3-18,30-31,35H,19-21H2,1-2H3. The minimum atomic E-state index is -0.634. The number of hydrogen-bond donors (Lipinski definition) is 1. The monoisotopic (exact) mass is 547 g/mol. The predicted octanol–water partition coefficient (Wildman–Crippen LogP) is 8.62. The average Bonchev–Trinajstić information content (AvgIpc) is 2.91. The quantitative estimate of drug-likeness (QED) is 0.227. The third-order valence-corrected chi connectivity index (χ3v) is 7.29. The minimum absolute atomic E-state index is 0.352. The molecule has 0 radical (unpaired) electrons. The van der Waals surface area contributed by atoms with Gasteiger partial charge in [0.05, 0.1) is 13.2 Å². The molecule has 0 aromatic heterocycles. The lowest BCUT2D eigenvalue weighted by molar-refractivity contribution is -0.170. The Kier molecular flexibility index (Phi) is 8.25. The fourth-order valence-electron chi connectivity index (χ4n) is 4.71. The van der Waals surface area contributed by atoms with Crippen LogP contribution < -0.4 is 10.1 Å². The molecular weight excluding hydrogens is 517 g/mol. The molecule has 0 spiro atoms. The summed E-state index contributed by atoms with van der Waals surface area (Å²) in [4.78, 5) is 0. The topological polar surface area (TPSA) is 39.7 Å². The van der Waals surface area contributed by atoms with Crippen LogP contribution in [0.5, 0.6) is 5.75 Å². The molecule has 5 rings (SSSR count). The van der Waals surface area contributed by atoms with Crippen molar-refractivity contribution in [2.45, 2.75) is 51.4 Å². The van der Waals surface area contributed by atoms with Crippen molar-refractivity contribution in [3.05, 3.63) is 129 Å². The van der Waals surface area contributed by atoms with Crippen LogP contribution in [0.3, 0.4) is 0 Å². The van der Waals surface area contributed by atoms with Gasteiger partial charge in [-0.2, -0.15) is 0 Å². The Balaban J connectivity index is 1.43. The van der Waals surface area contributed by atoms with Crippen LogP contribution in [0.2, 0.25) is 10.0 Å². The van der Waals surface area contributed by atoms with Crippen molar-refractivity contribution in [3.8, 4) is 5.75 Å². The van der Waals surface area contributed by atoms with Crippen molar-refractivity contribution < 1.29 is 14.2 Å². The van der Waals surface area contributed by atoms with E-state index in [0.717, 1.165) is 38.7 Å². The largest absolute Gasteiger partial charge is 0.485 e. The van der Waals surface area contributed by atoms with Crippen LogP contribution in [0.4, 0.5) is 5.69 Å². The molecule has 1 aliphatic rings. The number of halogens is 2. The average molecular weight is 549 g/mol. The van der Waals surface area contributed by atoms with E-state index in [2.05, 4.69) is 23.5 Å². The van der Waals surface area contributed by atoms with Crippen LogP contribution in [0, 0.1) is 0 Å². The fourth-order valence-corrected chi connectivity index (χ4v) is 5.12. The third-order valence-electron chi connectivity index (χ3n) is 6.68. The first-order chi connectivity index (χ1) is 18.4. The third kappa shape index (κ3) is 6.33. The summed E-state index contributed by atoms with van der Waals surface area (Å²) in [5.41, 5.74) is 4.40. The summed E-state index contributed by atoms with van der Waals surface area (Å²) in [7, 11) is 0. The van der Waals surface area contributed by atoms with Crippen molar-refractivity contribution in [2.24, 2.45) is 0 Å². The Morgan fingerprint density at radius 1 is 0.789 bits per heavy atom. The van der Waals surface area contributed by atoms with Crippen LogP contribution in [0.25, 0.3) is 0 Å². The maximum atomic E-state index is 6.61. The second-order valence-electron chi connectivity index (χ2n) is 9.98. The van der Waals surface area contributed by atoms with Gasteiger partial charge in [-0.1, -0.05) is 83.9 Å². The van der Waals surface area contributed by atoms with Gasteiger partial charge in [-0.15, -0.1) is 0 Å². The van der Waals surface area contributed by atoms with Crippen LogP contribution in [0.15, 0.2) is 97.1 Å². The van der Waals surface area contributed by atoms with E-state index in [-0.39, 0.29) is 12.2 Å². The first-order valence-corrected chi connectivity index (χ1v) is 13.5. The van der Waals surface area contributed by atoms with Gasteiger partial charge >= 0.3 is 0 Å². The number of hydrogen-bond acceptors (Lipinski definition) is 4. The highest BCUT2D eigenvalue weighted by Gasteiger charge is 2.45. The van der Waals surface area contributed by atoms with Crippen LogP contribution >= 0.6 is 23.2 Å². The van der Waals surface area contributed by atoms with Gasteiger partial charge in [0.1, 0.15) is 23.6 Å². The first kappa shape index (κ1) is 26.6. The number of rotatable bonds is 9. The van der Waals surface area contributed by atoms with Crippen LogP contribution in [-0.2, 0) is 29.2 Å². The summed E-state index contributed by atoms with van der Waals surface area (Å²) in [6.07, 6.45) is -0.734. The molecule has 1 aliphatic heterocycles. The molecule has 4 aromatic carbocycles. The zero-order valence-electron chi connectivity index (χ0n) is 21.5. The van der Waals surface area contributed by atoms with Gasteiger partial charge in [0, 0.05) is 27.8 Å². The van der Waals surface area contributed by atoms with Crippen LogP contribution in [-0.4, -0.2) is 11.7 Å². The molecule has 0 fully saturated rings. The molecule has 38 heavy (non-hydrogen) atoms. The predicted molar refractivity (Wildman–Crippen MR) is 154 cm³/mol. The lowest BCUT2D eigenvalue weighted by Crippen LogP contribution is -2.50. The molecule has 0 bridgehead atoms. The molecule has 0 saturated heterocycles. The summed E-state index contributed by atoms with van der Waals surface area (Å²) >= 11 is 12.6. The zero-order valence-corrected chi connectivity index (χ0v) is 23.0. The van der Waals surface area contributed by atoms with E-state index >= 15 is 0 Å². The summed E-state index contributed by atoms with van der Waals surface area (Å²) in [5.74, 6) is 0.791. The molecule has 2 unspecified atom stereocenters. The van der Waals surface area contributed by atoms with Gasteiger partial charge in [0.2, 0.25) is 0 Å². The molecule has 1 heterocycles. The normalized spacial score (nSPS) is 17.9. The van der Waals surface area contributed by atoms with Gasteiger partial charge in [-0.25, -0.2) is 0 Å². The summed E-state index contributed by atoms with van der Waals surface area (Å²) in [5, 5.41) is 4.90. The van der Waals surface area contributed by atoms with Gasteiger partial charge < -0.3 is 19.5 Å². The number of ether oxygens (including phenoxy) is 3. The molecule has 0 saturated carbocycles. The Bertz CT molecular complexity index is 1380. The summed E-state index contributed by atoms with van der Waals surface area (Å²) < 4.78 is 19.6. The summed E-state index contributed by atoms with van der Waals surface area (Å²) in [6, 6.07) is 31.9. The van der Waals surface area contributed by atoms with E-state index in [1.54, 1.807) is 0 Å². The second kappa shape index (κ2) is 11.8. The molecule has 4 aromatic rings. The van der Waals surface area contributed by atoms with E-state index in [0.29, 0.717) is 24.8 Å². The molecule has 4 nitrogen and oxygen atoms in total. The second-order valence-corrected chi connectivity index (χ2v) is 10.8. The highest BCUT2D eigenvalue weighted by Crippen LogP contribution is 2.45. The lowest BCUT2D eigenvalue weighted by atomic mass is 9.87. The zero-order chi connectivity index (χ0) is 26.5.